The molecule has 112 valence electrons. The van der Waals surface area contributed by atoms with Crippen LogP contribution in [-0.4, -0.2) is 38.1 Å². The van der Waals surface area contributed by atoms with Gasteiger partial charge in [-0.1, -0.05) is 44.5 Å². The maximum absolute atomic E-state index is 3.39. The van der Waals surface area contributed by atoms with Crippen LogP contribution in [0.1, 0.15) is 37.8 Å². The Labute approximate surface area is 124 Å². The Morgan fingerprint density at radius 3 is 2.25 bits per heavy atom. The van der Waals surface area contributed by atoms with Crippen LogP contribution in [0, 0.1) is 5.41 Å². The van der Waals surface area contributed by atoms with Crippen molar-refractivity contribution in [1.29, 1.82) is 0 Å². The SMILES string of the molecule is CCCC(C)(CNC)CN1CCc2ccccc2CC1. The summed E-state index contributed by atoms with van der Waals surface area (Å²) < 4.78 is 0. The molecule has 1 aromatic carbocycles. The third kappa shape index (κ3) is 4.07. The van der Waals surface area contributed by atoms with Crippen LogP contribution in [0.3, 0.4) is 0 Å². The number of benzene rings is 1. The van der Waals surface area contributed by atoms with Crippen molar-refractivity contribution in [2.45, 2.75) is 39.5 Å². The molecule has 0 bridgehead atoms. The molecule has 1 unspecified atom stereocenters. The summed E-state index contributed by atoms with van der Waals surface area (Å²) in [6.45, 7) is 9.48. The molecule has 1 aromatic rings. The number of hydrogen-bond acceptors (Lipinski definition) is 2. The van der Waals surface area contributed by atoms with E-state index in [0.29, 0.717) is 5.41 Å². The number of nitrogens with zero attached hydrogens (tertiary/aromatic N) is 1. The summed E-state index contributed by atoms with van der Waals surface area (Å²) in [5.74, 6) is 0. The summed E-state index contributed by atoms with van der Waals surface area (Å²) in [6.07, 6.45) is 4.99. The van der Waals surface area contributed by atoms with Gasteiger partial charge in [-0.15, -0.1) is 0 Å². The molecule has 1 heterocycles. The average Bonchev–Trinajstić information content (AvgIpc) is 2.62. The molecule has 0 saturated heterocycles. The van der Waals surface area contributed by atoms with Crippen molar-refractivity contribution in [3.05, 3.63) is 35.4 Å². The van der Waals surface area contributed by atoms with Gasteiger partial charge in [-0.25, -0.2) is 0 Å². The fraction of sp³-hybridized carbons (Fsp3) is 0.667. The molecule has 2 heteroatoms. The molecule has 1 N–H and O–H groups in total. The van der Waals surface area contributed by atoms with E-state index in [0.717, 1.165) is 6.54 Å². The predicted octanol–water partition coefficient (Wildman–Crippen LogP) is 3.11. The first-order valence-corrected chi connectivity index (χ1v) is 8.10. The molecule has 0 spiro atoms. The summed E-state index contributed by atoms with van der Waals surface area (Å²) in [5.41, 5.74) is 3.52. The normalized spacial score (nSPS) is 19.1. The Morgan fingerprint density at radius 2 is 1.75 bits per heavy atom. The Hall–Kier alpha value is -0.860. The first kappa shape index (κ1) is 15.5. The van der Waals surface area contributed by atoms with Gasteiger partial charge >= 0.3 is 0 Å². The highest BCUT2D eigenvalue weighted by molar-refractivity contribution is 5.28. The van der Waals surface area contributed by atoms with Gasteiger partial charge in [0.05, 0.1) is 0 Å². The molecule has 0 aromatic heterocycles. The van der Waals surface area contributed by atoms with Crippen molar-refractivity contribution >= 4 is 0 Å². The van der Waals surface area contributed by atoms with Gasteiger partial charge in [-0.05, 0) is 42.9 Å². The molecule has 0 aliphatic carbocycles. The van der Waals surface area contributed by atoms with Gasteiger partial charge in [0.2, 0.25) is 0 Å². The molecule has 1 atom stereocenters. The van der Waals surface area contributed by atoms with Crippen LogP contribution >= 0.6 is 0 Å². The van der Waals surface area contributed by atoms with Crippen LogP contribution in [0.25, 0.3) is 0 Å². The highest BCUT2D eigenvalue weighted by atomic mass is 15.1. The van der Waals surface area contributed by atoms with Gasteiger partial charge in [0.1, 0.15) is 0 Å². The lowest BCUT2D eigenvalue weighted by Gasteiger charge is -2.35. The van der Waals surface area contributed by atoms with Gasteiger partial charge in [-0.2, -0.15) is 0 Å². The van der Waals surface area contributed by atoms with Crippen molar-refractivity contribution in [3.8, 4) is 0 Å². The first-order chi connectivity index (χ1) is 9.67. The predicted molar refractivity (Wildman–Crippen MR) is 87.2 cm³/mol. The lowest BCUT2D eigenvalue weighted by atomic mass is 9.84. The van der Waals surface area contributed by atoms with E-state index in [4.69, 9.17) is 0 Å². The topological polar surface area (TPSA) is 15.3 Å². The van der Waals surface area contributed by atoms with Crippen molar-refractivity contribution < 1.29 is 0 Å². The van der Waals surface area contributed by atoms with E-state index in [1.165, 1.54) is 45.3 Å². The summed E-state index contributed by atoms with van der Waals surface area (Å²) in [4.78, 5) is 2.67. The maximum Gasteiger partial charge on any atom is 0.00477 e. The van der Waals surface area contributed by atoms with E-state index in [-0.39, 0.29) is 0 Å². The molecule has 0 amide bonds. The summed E-state index contributed by atoms with van der Waals surface area (Å²) >= 11 is 0. The van der Waals surface area contributed by atoms with E-state index in [1.807, 2.05) is 0 Å². The molecule has 2 nitrogen and oxygen atoms in total. The van der Waals surface area contributed by atoms with E-state index in [9.17, 15) is 0 Å². The second-order valence-electron chi connectivity index (χ2n) is 6.64. The molecule has 2 rings (SSSR count). The minimum atomic E-state index is 0.403. The van der Waals surface area contributed by atoms with Crippen LogP contribution in [0.4, 0.5) is 0 Å². The lowest BCUT2D eigenvalue weighted by molar-refractivity contribution is 0.156. The summed E-state index contributed by atoms with van der Waals surface area (Å²) in [6, 6.07) is 8.96. The fourth-order valence-electron chi connectivity index (χ4n) is 3.67. The smallest absolute Gasteiger partial charge is 0.00477 e. The van der Waals surface area contributed by atoms with Crippen LogP contribution in [0.15, 0.2) is 24.3 Å². The molecule has 0 fully saturated rings. The molecule has 20 heavy (non-hydrogen) atoms. The second-order valence-corrected chi connectivity index (χ2v) is 6.64. The van der Waals surface area contributed by atoms with Crippen LogP contribution in [0.2, 0.25) is 0 Å². The van der Waals surface area contributed by atoms with Crippen LogP contribution in [-0.2, 0) is 12.8 Å². The van der Waals surface area contributed by atoms with Gasteiger partial charge in [-0.3, -0.25) is 0 Å². The van der Waals surface area contributed by atoms with Crippen LogP contribution < -0.4 is 5.32 Å². The zero-order chi connectivity index (χ0) is 14.4. The molecule has 1 aliphatic rings. The molecule has 1 aliphatic heterocycles. The van der Waals surface area contributed by atoms with Gasteiger partial charge in [0, 0.05) is 26.2 Å². The highest BCUT2D eigenvalue weighted by Crippen LogP contribution is 2.25. The quantitative estimate of drug-likeness (QED) is 0.857. The van der Waals surface area contributed by atoms with Crippen molar-refractivity contribution in [3.63, 3.8) is 0 Å². The summed E-state index contributed by atoms with van der Waals surface area (Å²) in [5, 5.41) is 3.39. The average molecular weight is 274 g/mol. The number of fused-ring (bicyclic) bond motifs is 1. The van der Waals surface area contributed by atoms with Gasteiger partial charge in [0.25, 0.3) is 0 Å². The lowest BCUT2D eigenvalue weighted by Crippen LogP contribution is -2.42. The second kappa shape index (κ2) is 7.24. The third-order valence-electron chi connectivity index (χ3n) is 4.58. The third-order valence-corrected chi connectivity index (χ3v) is 4.58. The summed E-state index contributed by atoms with van der Waals surface area (Å²) in [7, 11) is 2.08. The number of hydrogen-bond donors (Lipinski definition) is 1. The standard InChI is InChI=1S/C18H30N2/c1-4-11-18(2,14-19-3)15-20-12-9-16-7-5-6-8-17(16)10-13-20/h5-8,19H,4,9-15H2,1-3H3. The van der Waals surface area contributed by atoms with E-state index in [2.05, 4.69) is 55.4 Å². The molecular formula is C18H30N2. The Kier molecular flexibility index (Phi) is 5.62. The minimum Gasteiger partial charge on any atom is -0.319 e. The highest BCUT2D eigenvalue weighted by Gasteiger charge is 2.26. The monoisotopic (exact) mass is 274 g/mol. The Bertz CT molecular complexity index is 381. The molecule has 0 radical (unpaired) electrons. The van der Waals surface area contributed by atoms with Crippen molar-refractivity contribution in [2.75, 3.05) is 33.2 Å². The zero-order valence-electron chi connectivity index (χ0n) is 13.4. The Morgan fingerprint density at radius 1 is 1.15 bits per heavy atom. The maximum atomic E-state index is 3.39. The number of nitrogens with one attached hydrogen (secondary N) is 1. The number of rotatable bonds is 6. The fourth-order valence-corrected chi connectivity index (χ4v) is 3.67. The largest absolute Gasteiger partial charge is 0.319 e. The molecular weight excluding hydrogens is 244 g/mol. The van der Waals surface area contributed by atoms with Crippen LogP contribution in [0.5, 0.6) is 0 Å². The Balaban J connectivity index is 1.98. The molecule has 0 saturated carbocycles. The van der Waals surface area contributed by atoms with E-state index < -0.39 is 0 Å². The van der Waals surface area contributed by atoms with E-state index in [1.54, 1.807) is 11.1 Å². The minimum absolute atomic E-state index is 0.403. The van der Waals surface area contributed by atoms with E-state index >= 15 is 0 Å². The zero-order valence-corrected chi connectivity index (χ0v) is 13.4. The van der Waals surface area contributed by atoms with Gasteiger partial charge in [0.15, 0.2) is 0 Å². The van der Waals surface area contributed by atoms with Gasteiger partial charge < -0.3 is 10.2 Å². The van der Waals surface area contributed by atoms with Crippen molar-refractivity contribution in [2.24, 2.45) is 5.41 Å². The van der Waals surface area contributed by atoms with Crippen molar-refractivity contribution in [1.82, 2.24) is 10.2 Å². The first-order valence-electron chi connectivity index (χ1n) is 8.10.